The minimum Gasteiger partial charge on any atom is -0.507 e. The SMILES string of the molecule is COC(C)(C)c1noc(-c2ccc(Br)cc2O)n1. The Hall–Kier alpha value is -1.40. The first-order valence-corrected chi connectivity index (χ1v) is 6.11. The molecule has 0 fully saturated rings. The van der Waals surface area contributed by atoms with E-state index in [2.05, 4.69) is 26.1 Å². The zero-order chi connectivity index (χ0) is 13.3. The molecular formula is C12H13BrN2O3. The number of benzene rings is 1. The summed E-state index contributed by atoms with van der Waals surface area (Å²) >= 11 is 3.27. The highest BCUT2D eigenvalue weighted by atomic mass is 79.9. The number of halogens is 1. The van der Waals surface area contributed by atoms with Crippen molar-refractivity contribution in [1.29, 1.82) is 0 Å². The maximum absolute atomic E-state index is 9.83. The number of ether oxygens (including phenoxy) is 1. The first-order valence-electron chi connectivity index (χ1n) is 5.32. The third kappa shape index (κ3) is 2.39. The summed E-state index contributed by atoms with van der Waals surface area (Å²) in [5, 5.41) is 13.7. The Morgan fingerprint density at radius 3 is 2.72 bits per heavy atom. The number of phenols is 1. The van der Waals surface area contributed by atoms with Gasteiger partial charge >= 0.3 is 0 Å². The molecule has 18 heavy (non-hydrogen) atoms. The lowest BCUT2D eigenvalue weighted by Crippen LogP contribution is -2.21. The first-order chi connectivity index (χ1) is 8.44. The van der Waals surface area contributed by atoms with Gasteiger partial charge in [0.2, 0.25) is 5.82 Å². The van der Waals surface area contributed by atoms with Crippen LogP contribution in [0.25, 0.3) is 11.5 Å². The van der Waals surface area contributed by atoms with Crippen LogP contribution in [0.4, 0.5) is 0 Å². The number of hydrogen-bond donors (Lipinski definition) is 1. The maximum atomic E-state index is 9.83. The fourth-order valence-electron chi connectivity index (χ4n) is 1.35. The molecule has 0 saturated carbocycles. The Balaban J connectivity index is 2.41. The lowest BCUT2D eigenvalue weighted by Gasteiger charge is -2.17. The number of hydrogen-bond acceptors (Lipinski definition) is 5. The standard InChI is InChI=1S/C12H13BrN2O3/c1-12(2,17-3)11-14-10(18-15-11)8-5-4-7(13)6-9(8)16/h4-6,16H,1-3H3. The van der Waals surface area contributed by atoms with Gasteiger partial charge in [-0.25, -0.2) is 0 Å². The largest absolute Gasteiger partial charge is 0.507 e. The van der Waals surface area contributed by atoms with Crippen molar-refractivity contribution in [3.8, 4) is 17.2 Å². The molecule has 0 radical (unpaired) electrons. The number of rotatable bonds is 3. The summed E-state index contributed by atoms with van der Waals surface area (Å²) in [5.41, 5.74) is -0.143. The minimum atomic E-state index is -0.632. The van der Waals surface area contributed by atoms with Crippen molar-refractivity contribution >= 4 is 15.9 Å². The zero-order valence-corrected chi connectivity index (χ0v) is 11.9. The molecule has 0 unspecified atom stereocenters. The summed E-state index contributed by atoms with van der Waals surface area (Å²) in [6, 6.07) is 5.07. The van der Waals surface area contributed by atoms with E-state index in [9.17, 15) is 5.11 Å². The third-order valence-corrected chi connectivity index (χ3v) is 3.16. The van der Waals surface area contributed by atoms with Crippen LogP contribution in [0, 0.1) is 0 Å². The normalized spacial score (nSPS) is 11.8. The minimum absolute atomic E-state index is 0.0785. The highest BCUT2D eigenvalue weighted by Crippen LogP contribution is 2.32. The molecule has 5 nitrogen and oxygen atoms in total. The van der Waals surface area contributed by atoms with Crippen LogP contribution in [-0.4, -0.2) is 22.4 Å². The topological polar surface area (TPSA) is 68.4 Å². The predicted octanol–water partition coefficient (Wildman–Crippen LogP) is 3.09. The van der Waals surface area contributed by atoms with Crippen molar-refractivity contribution in [2.24, 2.45) is 0 Å². The molecule has 0 aliphatic carbocycles. The Morgan fingerprint density at radius 1 is 1.39 bits per heavy atom. The van der Waals surface area contributed by atoms with Gasteiger partial charge in [0.25, 0.3) is 5.89 Å². The summed E-state index contributed by atoms with van der Waals surface area (Å²) in [6.07, 6.45) is 0. The average Bonchev–Trinajstić information content (AvgIpc) is 2.79. The van der Waals surface area contributed by atoms with Crippen LogP contribution in [0.1, 0.15) is 19.7 Å². The van der Waals surface area contributed by atoms with Gasteiger partial charge in [-0.15, -0.1) is 0 Å². The van der Waals surface area contributed by atoms with Gasteiger partial charge in [-0.1, -0.05) is 21.1 Å². The van der Waals surface area contributed by atoms with Crippen molar-refractivity contribution in [1.82, 2.24) is 10.1 Å². The van der Waals surface area contributed by atoms with Crippen molar-refractivity contribution < 1.29 is 14.4 Å². The Kier molecular flexibility index (Phi) is 3.41. The molecule has 0 spiro atoms. The van der Waals surface area contributed by atoms with Gasteiger partial charge in [0, 0.05) is 11.6 Å². The fourth-order valence-corrected chi connectivity index (χ4v) is 1.70. The number of aromatic hydroxyl groups is 1. The van der Waals surface area contributed by atoms with E-state index in [-0.39, 0.29) is 11.6 Å². The molecule has 0 aliphatic rings. The Bertz CT molecular complexity index is 566. The molecular weight excluding hydrogens is 300 g/mol. The number of phenolic OH excluding ortho intramolecular Hbond substituents is 1. The van der Waals surface area contributed by atoms with E-state index in [0.717, 1.165) is 4.47 Å². The molecule has 0 bridgehead atoms. The number of methoxy groups -OCH3 is 1. The van der Waals surface area contributed by atoms with Crippen LogP contribution in [0.3, 0.4) is 0 Å². The van der Waals surface area contributed by atoms with Crippen molar-refractivity contribution in [2.75, 3.05) is 7.11 Å². The average molecular weight is 313 g/mol. The molecule has 1 aromatic carbocycles. The van der Waals surface area contributed by atoms with Crippen molar-refractivity contribution in [2.45, 2.75) is 19.4 Å². The fraction of sp³-hybridized carbons (Fsp3) is 0.333. The summed E-state index contributed by atoms with van der Waals surface area (Å²) in [6.45, 7) is 3.67. The van der Waals surface area contributed by atoms with Gasteiger partial charge in [0.05, 0.1) is 5.56 Å². The van der Waals surface area contributed by atoms with Crippen molar-refractivity contribution in [3.63, 3.8) is 0 Å². The highest BCUT2D eigenvalue weighted by Gasteiger charge is 2.27. The van der Waals surface area contributed by atoms with Gasteiger partial charge in [0.1, 0.15) is 11.4 Å². The lowest BCUT2D eigenvalue weighted by molar-refractivity contribution is 0.00973. The van der Waals surface area contributed by atoms with Gasteiger partial charge in [-0.3, -0.25) is 0 Å². The second kappa shape index (κ2) is 4.70. The van der Waals surface area contributed by atoms with Crippen LogP contribution >= 0.6 is 15.9 Å². The van der Waals surface area contributed by atoms with E-state index in [1.807, 2.05) is 13.8 Å². The van der Waals surface area contributed by atoms with Gasteiger partial charge in [-0.05, 0) is 32.0 Å². The van der Waals surface area contributed by atoms with Gasteiger partial charge in [-0.2, -0.15) is 4.98 Å². The monoisotopic (exact) mass is 312 g/mol. The predicted molar refractivity (Wildman–Crippen MR) is 69.1 cm³/mol. The molecule has 0 saturated heterocycles. The Morgan fingerprint density at radius 2 is 2.11 bits per heavy atom. The maximum Gasteiger partial charge on any atom is 0.261 e. The van der Waals surface area contributed by atoms with Gasteiger partial charge < -0.3 is 14.4 Å². The molecule has 96 valence electrons. The summed E-state index contributed by atoms with van der Waals surface area (Å²) in [4.78, 5) is 4.24. The van der Waals surface area contributed by atoms with E-state index < -0.39 is 5.60 Å². The Labute approximate surface area is 113 Å². The first kappa shape index (κ1) is 13.0. The molecule has 1 aromatic heterocycles. The van der Waals surface area contributed by atoms with E-state index in [1.54, 1.807) is 25.3 Å². The summed E-state index contributed by atoms with van der Waals surface area (Å²) < 4.78 is 11.2. The molecule has 2 aromatic rings. The lowest BCUT2D eigenvalue weighted by atomic mass is 10.1. The molecule has 1 N–H and O–H groups in total. The molecule has 0 aliphatic heterocycles. The smallest absolute Gasteiger partial charge is 0.261 e. The second-order valence-electron chi connectivity index (χ2n) is 4.30. The summed E-state index contributed by atoms with van der Waals surface area (Å²) in [5.74, 6) is 0.775. The molecule has 2 rings (SSSR count). The molecule has 0 amide bonds. The van der Waals surface area contributed by atoms with E-state index in [1.165, 1.54) is 0 Å². The number of nitrogens with zero attached hydrogens (tertiary/aromatic N) is 2. The van der Waals surface area contributed by atoms with Crippen LogP contribution in [0.2, 0.25) is 0 Å². The molecule has 0 atom stereocenters. The van der Waals surface area contributed by atoms with Crippen LogP contribution in [-0.2, 0) is 10.3 Å². The van der Waals surface area contributed by atoms with Crippen LogP contribution in [0.15, 0.2) is 27.2 Å². The molecule has 1 heterocycles. The molecule has 6 heteroatoms. The second-order valence-corrected chi connectivity index (χ2v) is 5.21. The van der Waals surface area contributed by atoms with Crippen LogP contribution in [0.5, 0.6) is 5.75 Å². The number of aromatic nitrogens is 2. The van der Waals surface area contributed by atoms with Crippen LogP contribution < -0.4 is 0 Å². The summed E-state index contributed by atoms with van der Waals surface area (Å²) in [7, 11) is 1.58. The highest BCUT2D eigenvalue weighted by molar-refractivity contribution is 9.10. The van der Waals surface area contributed by atoms with E-state index >= 15 is 0 Å². The third-order valence-electron chi connectivity index (χ3n) is 2.67. The quantitative estimate of drug-likeness (QED) is 0.943. The van der Waals surface area contributed by atoms with Gasteiger partial charge in [0.15, 0.2) is 0 Å². The van der Waals surface area contributed by atoms with Crippen molar-refractivity contribution in [3.05, 3.63) is 28.5 Å². The van der Waals surface area contributed by atoms with E-state index in [0.29, 0.717) is 11.4 Å². The van der Waals surface area contributed by atoms with E-state index in [4.69, 9.17) is 9.26 Å². The zero-order valence-electron chi connectivity index (χ0n) is 10.3.